The lowest BCUT2D eigenvalue weighted by atomic mass is 10.1. The summed E-state index contributed by atoms with van der Waals surface area (Å²) in [5.74, 6) is -0.298. The van der Waals surface area contributed by atoms with Crippen LogP contribution in [0.2, 0.25) is 0 Å². The molecule has 0 fully saturated rings. The lowest BCUT2D eigenvalue weighted by Gasteiger charge is -2.18. The van der Waals surface area contributed by atoms with Gasteiger partial charge in [0.25, 0.3) is 0 Å². The first-order chi connectivity index (χ1) is 6.94. The van der Waals surface area contributed by atoms with Crippen LogP contribution in [-0.4, -0.2) is 27.2 Å². The molecule has 0 atom stereocenters. The second kappa shape index (κ2) is 4.53. The molecule has 0 saturated carbocycles. The summed E-state index contributed by atoms with van der Waals surface area (Å²) in [6, 6.07) is 0. The van der Waals surface area contributed by atoms with E-state index in [4.69, 9.17) is 0 Å². The topological polar surface area (TPSA) is 58.0 Å². The Labute approximate surface area is 88.6 Å². The van der Waals surface area contributed by atoms with Gasteiger partial charge in [-0.15, -0.1) is 0 Å². The van der Waals surface area contributed by atoms with Crippen LogP contribution in [-0.2, 0) is 6.42 Å². The highest BCUT2D eigenvalue weighted by Gasteiger charge is 2.15. The summed E-state index contributed by atoms with van der Waals surface area (Å²) < 4.78 is 13.6. The molecule has 5 heteroatoms. The summed E-state index contributed by atoms with van der Waals surface area (Å²) in [5, 5.41) is 12.2. The molecule has 0 aromatic carbocycles. The molecule has 0 bridgehead atoms. The molecule has 1 rings (SSSR count). The van der Waals surface area contributed by atoms with Gasteiger partial charge in [-0.05, 0) is 20.3 Å². The number of aromatic nitrogens is 2. The molecule has 1 aromatic rings. The molecule has 15 heavy (non-hydrogen) atoms. The summed E-state index contributed by atoms with van der Waals surface area (Å²) in [4.78, 5) is 7.59. The predicted molar refractivity (Wildman–Crippen MR) is 56.2 cm³/mol. The number of nitrogens with one attached hydrogen (secondary N) is 1. The van der Waals surface area contributed by atoms with Gasteiger partial charge in [0.15, 0.2) is 11.6 Å². The Morgan fingerprint density at radius 2 is 2.13 bits per heavy atom. The largest absolute Gasteiger partial charge is 0.389 e. The van der Waals surface area contributed by atoms with Crippen molar-refractivity contribution in [1.82, 2.24) is 9.97 Å². The number of nitrogens with zero attached hydrogens (tertiary/aromatic N) is 2. The Bertz CT molecular complexity index is 336. The molecule has 0 aliphatic heterocycles. The van der Waals surface area contributed by atoms with Gasteiger partial charge >= 0.3 is 0 Å². The maximum absolute atomic E-state index is 13.6. The molecular formula is C10H16FN3O. The third-order valence-corrected chi connectivity index (χ3v) is 1.89. The van der Waals surface area contributed by atoms with Crippen molar-refractivity contribution in [2.45, 2.75) is 32.8 Å². The van der Waals surface area contributed by atoms with E-state index in [1.807, 2.05) is 6.92 Å². The second-order valence-electron chi connectivity index (χ2n) is 4.00. The van der Waals surface area contributed by atoms with Crippen molar-refractivity contribution in [3.05, 3.63) is 17.8 Å². The summed E-state index contributed by atoms with van der Waals surface area (Å²) in [6.07, 6.45) is 1.83. The number of anilines is 1. The van der Waals surface area contributed by atoms with Gasteiger partial charge in [0, 0.05) is 6.54 Å². The monoisotopic (exact) mass is 213 g/mol. The van der Waals surface area contributed by atoms with Crippen molar-refractivity contribution in [2.24, 2.45) is 0 Å². The van der Waals surface area contributed by atoms with Gasteiger partial charge in [-0.3, -0.25) is 0 Å². The average molecular weight is 213 g/mol. The fraction of sp³-hybridized carbons (Fsp3) is 0.600. The lowest BCUT2D eigenvalue weighted by molar-refractivity contribution is 0.0943. The fourth-order valence-electron chi connectivity index (χ4n) is 1.08. The van der Waals surface area contributed by atoms with Crippen molar-refractivity contribution in [1.29, 1.82) is 0 Å². The highest BCUT2D eigenvalue weighted by Crippen LogP contribution is 2.14. The normalized spacial score (nSPS) is 11.5. The Morgan fingerprint density at radius 3 is 2.67 bits per heavy atom. The Hall–Kier alpha value is -1.23. The van der Waals surface area contributed by atoms with E-state index in [1.165, 1.54) is 6.33 Å². The van der Waals surface area contributed by atoms with E-state index in [-0.39, 0.29) is 12.4 Å². The van der Waals surface area contributed by atoms with E-state index in [9.17, 15) is 9.50 Å². The molecule has 1 heterocycles. The molecule has 0 aliphatic carbocycles. The van der Waals surface area contributed by atoms with Crippen molar-refractivity contribution in [3.63, 3.8) is 0 Å². The molecule has 84 valence electrons. The third kappa shape index (κ3) is 3.43. The Balaban J connectivity index is 2.78. The molecule has 0 aliphatic rings. The molecule has 0 spiro atoms. The number of hydrogen-bond donors (Lipinski definition) is 2. The summed E-state index contributed by atoms with van der Waals surface area (Å²) >= 11 is 0. The average Bonchev–Trinajstić information content (AvgIpc) is 2.15. The van der Waals surface area contributed by atoms with Crippen LogP contribution in [0.15, 0.2) is 6.33 Å². The van der Waals surface area contributed by atoms with E-state index in [1.54, 1.807) is 13.8 Å². The highest BCUT2D eigenvalue weighted by molar-refractivity contribution is 5.37. The van der Waals surface area contributed by atoms with Gasteiger partial charge in [0.2, 0.25) is 0 Å². The molecule has 0 saturated heterocycles. The molecule has 0 radical (unpaired) electrons. The molecule has 1 aromatic heterocycles. The van der Waals surface area contributed by atoms with E-state index >= 15 is 0 Å². The molecule has 2 N–H and O–H groups in total. The minimum Gasteiger partial charge on any atom is -0.389 e. The first kappa shape index (κ1) is 11.8. The maximum atomic E-state index is 13.6. The summed E-state index contributed by atoms with van der Waals surface area (Å²) in [6.45, 7) is 5.34. The number of aliphatic hydroxyl groups is 1. The van der Waals surface area contributed by atoms with E-state index in [0.29, 0.717) is 12.1 Å². The summed E-state index contributed by atoms with van der Waals surface area (Å²) in [5.41, 5.74) is -0.521. The Morgan fingerprint density at radius 1 is 1.47 bits per heavy atom. The zero-order valence-electron chi connectivity index (χ0n) is 9.21. The number of rotatable bonds is 4. The van der Waals surface area contributed by atoms with Crippen LogP contribution in [0.3, 0.4) is 0 Å². The van der Waals surface area contributed by atoms with Crippen molar-refractivity contribution >= 4 is 5.82 Å². The first-order valence-corrected chi connectivity index (χ1v) is 4.89. The predicted octanol–water partition coefficient (Wildman–Crippen LogP) is 1.36. The minimum atomic E-state index is -0.899. The molecule has 0 amide bonds. The highest BCUT2D eigenvalue weighted by atomic mass is 19.1. The van der Waals surface area contributed by atoms with Crippen LogP contribution in [0.25, 0.3) is 0 Å². The van der Waals surface area contributed by atoms with Gasteiger partial charge in [0.1, 0.15) is 6.33 Å². The number of aryl methyl sites for hydroxylation is 1. The number of halogens is 1. The van der Waals surface area contributed by atoms with Gasteiger partial charge in [-0.1, -0.05) is 6.92 Å². The van der Waals surface area contributed by atoms with Crippen LogP contribution in [0.1, 0.15) is 26.5 Å². The minimum absolute atomic E-state index is 0.143. The van der Waals surface area contributed by atoms with Crippen LogP contribution >= 0.6 is 0 Å². The van der Waals surface area contributed by atoms with Gasteiger partial charge < -0.3 is 10.4 Å². The maximum Gasteiger partial charge on any atom is 0.186 e. The summed E-state index contributed by atoms with van der Waals surface area (Å²) in [7, 11) is 0. The quantitative estimate of drug-likeness (QED) is 0.793. The van der Waals surface area contributed by atoms with Crippen LogP contribution < -0.4 is 5.32 Å². The van der Waals surface area contributed by atoms with Crippen LogP contribution in [0.5, 0.6) is 0 Å². The second-order valence-corrected chi connectivity index (χ2v) is 4.00. The molecular weight excluding hydrogens is 197 g/mol. The van der Waals surface area contributed by atoms with Gasteiger partial charge in [-0.2, -0.15) is 0 Å². The Kier molecular flexibility index (Phi) is 3.57. The van der Waals surface area contributed by atoms with Crippen molar-refractivity contribution in [3.8, 4) is 0 Å². The first-order valence-electron chi connectivity index (χ1n) is 4.89. The van der Waals surface area contributed by atoms with Gasteiger partial charge in [-0.25, -0.2) is 14.4 Å². The zero-order chi connectivity index (χ0) is 11.5. The molecule has 0 unspecified atom stereocenters. The standard InChI is InChI=1S/C10H16FN3O/c1-4-7-8(11)9(14-6-13-7)12-5-10(2,3)15/h6,15H,4-5H2,1-3H3,(H,12,13,14). The number of hydrogen-bond acceptors (Lipinski definition) is 4. The van der Waals surface area contributed by atoms with E-state index in [2.05, 4.69) is 15.3 Å². The van der Waals surface area contributed by atoms with Crippen LogP contribution in [0.4, 0.5) is 10.2 Å². The van der Waals surface area contributed by atoms with E-state index in [0.717, 1.165) is 0 Å². The third-order valence-electron chi connectivity index (χ3n) is 1.89. The van der Waals surface area contributed by atoms with Crippen LogP contribution in [0, 0.1) is 5.82 Å². The zero-order valence-corrected chi connectivity index (χ0v) is 9.21. The molecule has 4 nitrogen and oxygen atoms in total. The van der Waals surface area contributed by atoms with Gasteiger partial charge in [0.05, 0.1) is 11.3 Å². The van der Waals surface area contributed by atoms with E-state index < -0.39 is 11.4 Å². The lowest BCUT2D eigenvalue weighted by Crippen LogP contribution is -2.30. The SMILES string of the molecule is CCc1ncnc(NCC(C)(C)O)c1F. The fourth-order valence-corrected chi connectivity index (χ4v) is 1.08. The van der Waals surface area contributed by atoms with Crippen molar-refractivity contribution < 1.29 is 9.50 Å². The smallest absolute Gasteiger partial charge is 0.186 e. The van der Waals surface area contributed by atoms with Crippen molar-refractivity contribution in [2.75, 3.05) is 11.9 Å².